The van der Waals surface area contributed by atoms with E-state index < -0.39 is 0 Å². The molecule has 164 valence electrons. The molecule has 0 amide bonds. The average Bonchev–Trinajstić information content (AvgIpc) is 2.82. The van der Waals surface area contributed by atoms with Crippen LogP contribution in [-0.2, 0) is 0 Å². The zero-order valence-electron chi connectivity index (χ0n) is 17.4. The first-order valence-corrected chi connectivity index (χ1v) is 9.43. The fourth-order valence-electron chi connectivity index (χ4n) is 3.03. The molecule has 33 heavy (non-hydrogen) atoms. The number of rotatable bonds is 6. The Morgan fingerprint density at radius 2 is 0.758 bits per heavy atom. The van der Waals surface area contributed by atoms with Gasteiger partial charge in [0.15, 0.2) is 0 Å². The molecule has 4 aromatic rings. The molecular formula is C24H20MgN2O6. The topological polar surface area (TPSA) is 128 Å². The third-order valence-corrected chi connectivity index (χ3v) is 4.44. The predicted octanol–water partition coefficient (Wildman–Crippen LogP) is 5.85. The summed E-state index contributed by atoms with van der Waals surface area (Å²) in [5.41, 5.74) is 7.86. The molecule has 9 heteroatoms. The van der Waals surface area contributed by atoms with Crippen molar-refractivity contribution in [1.82, 2.24) is 0 Å². The van der Waals surface area contributed by atoms with E-state index in [1.54, 1.807) is 72.8 Å². The van der Waals surface area contributed by atoms with Crippen molar-refractivity contribution in [3.63, 3.8) is 0 Å². The van der Waals surface area contributed by atoms with Gasteiger partial charge >= 0.3 is 23.1 Å². The van der Waals surface area contributed by atoms with E-state index in [1.165, 1.54) is 0 Å². The first kappa shape index (κ1) is 25.9. The standard InChI is InChI=1S/2C12H10NO3.Mg/c2*14-11-7-3-1-5-9(11)10-6-2-4-8-12(10)16-13-15;/h2*1-8,14-15H;/q2*-1;+2. The van der Waals surface area contributed by atoms with Crippen LogP contribution in [0, 0.1) is 0 Å². The molecule has 0 aliphatic rings. The van der Waals surface area contributed by atoms with Gasteiger partial charge in [0.1, 0.15) is 23.0 Å². The van der Waals surface area contributed by atoms with Crippen molar-refractivity contribution in [2.24, 2.45) is 0 Å². The number of phenols is 2. The Morgan fingerprint density at radius 3 is 1.09 bits per heavy atom. The number of para-hydroxylation sites is 4. The van der Waals surface area contributed by atoms with Crippen LogP contribution in [-0.4, -0.2) is 43.7 Å². The van der Waals surface area contributed by atoms with Crippen LogP contribution in [0.5, 0.6) is 23.0 Å². The Morgan fingerprint density at radius 1 is 0.455 bits per heavy atom. The van der Waals surface area contributed by atoms with Crippen LogP contribution in [0.1, 0.15) is 0 Å². The second-order valence-electron chi connectivity index (χ2n) is 6.37. The molecule has 8 nitrogen and oxygen atoms in total. The molecule has 0 aliphatic heterocycles. The molecule has 0 saturated carbocycles. The van der Waals surface area contributed by atoms with E-state index in [4.69, 9.17) is 20.1 Å². The summed E-state index contributed by atoms with van der Waals surface area (Å²) in [4.78, 5) is 9.43. The Labute approximate surface area is 206 Å². The Bertz CT molecular complexity index is 1070. The van der Waals surface area contributed by atoms with E-state index in [-0.39, 0.29) is 34.6 Å². The van der Waals surface area contributed by atoms with E-state index in [9.17, 15) is 10.2 Å². The van der Waals surface area contributed by atoms with Gasteiger partial charge in [0.25, 0.3) is 0 Å². The van der Waals surface area contributed by atoms with Gasteiger partial charge in [0.2, 0.25) is 0 Å². The number of aromatic hydroxyl groups is 2. The van der Waals surface area contributed by atoms with Gasteiger partial charge in [-0.3, -0.25) is 0 Å². The number of hydrogen-bond donors (Lipinski definition) is 4. The van der Waals surface area contributed by atoms with Gasteiger partial charge < -0.3 is 41.6 Å². The molecule has 0 aliphatic carbocycles. The van der Waals surface area contributed by atoms with Crippen molar-refractivity contribution >= 4 is 23.1 Å². The SMILES string of the molecule is O[N-]Oc1ccccc1-c1ccccc1O.O[N-]Oc1ccccc1-c1ccccc1O.[Mg+2]. The van der Waals surface area contributed by atoms with Crippen molar-refractivity contribution in [3.8, 4) is 45.3 Å². The summed E-state index contributed by atoms with van der Waals surface area (Å²) in [6.45, 7) is 0. The molecular weight excluding hydrogens is 437 g/mol. The van der Waals surface area contributed by atoms with Crippen LogP contribution >= 0.6 is 0 Å². The maximum Gasteiger partial charge on any atom is 2.00 e. The van der Waals surface area contributed by atoms with Crippen LogP contribution in [0.4, 0.5) is 0 Å². The number of phenolic OH excluding ortho intramolecular Hbond substituents is 2. The van der Waals surface area contributed by atoms with Crippen molar-refractivity contribution in [2.45, 2.75) is 0 Å². The summed E-state index contributed by atoms with van der Waals surface area (Å²) in [6.07, 6.45) is 0. The van der Waals surface area contributed by atoms with Gasteiger partial charge in [-0.25, -0.2) is 0 Å². The second kappa shape index (κ2) is 13.3. The van der Waals surface area contributed by atoms with Crippen LogP contribution in [0.2, 0.25) is 0 Å². The third-order valence-electron chi connectivity index (χ3n) is 4.44. The summed E-state index contributed by atoms with van der Waals surface area (Å²) in [7, 11) is 0. The summed E-state index contributed by atoms with van der Waals surface area (Å²) < 4.78 is 0. The van der Waals surface area contributed by atoms with Gasteiger partial charge in [-0.15, -0.1) is 0 Å². The number of benzene rings is 4. The molecule has 0 radical (unpaired) electrons. The second-order valence-corrected chi connectivity index (χ2v) is 6.37. The van der Waals surface area contributed by atoms with Crippen LogP contribution < -0.4 is 9.68 Å². The Balaban J connectivity index is 0.000000227. The zero-order valence-corrected chi connectivity index (χ0v) is 18.9. The third kappa shape index (κ3) is 6.83. The molecule has 0 heterocycles. The molecule has 4 N–H and O–H groups in total. The maximum absolute atomic E-state index is 9.71. The minimum atomic E-state index is 0. The van der Waals surface area contributed by atoms with Gasteiger partial charge in [-0.1, -0.05) is 72.8 Å². The molecule has 0 unspecified atom stereocenters. The Hall–Kier alpha value is -3.31. The van der Waals surface area contributed by atoms with E-state index >= 15 is 0 Å². The summed E-state index contributed by atoms with van der Waals surface area (Å²) in [5.74, 6) is 1.06. The molecule has 0 atom stereocenters. The van der Waals surface area contributed by atoms with E-state index in [1.807, 2.05) is 24.3 Å². The van der Waals surface area contributed by atoms with Gasteiger partial charge in [-0.2, -0.15) is 0 Å². The minimum Gasteiger partial charge on any atom is -0.565 e. The average molecular weight is 457 g/mol. The van der Waals surface area contributed by atoms with Gasteiger partial charge in [0.05, 0.1) is 0 Å². The Kier molecular flexibility index (Phi) is 10.4. The fourth-order valence-corrected chi connectivity index (χ4v) is 3.03. The largest absolute Gasteiger partial charge is 2.00 e. The zero-order chi connectivity index (χ0) is 22.8. The first-order valence-electron chi connectivity index (χ1n) is 9.43. The monoisotopic (exact) mass is 456 g/mol. The number of nitrogens with zero attached hydrogens (tertiary/aromatic N) is 2. The van der Waals surface area contributed by atoms with Gasteiger partial charge in [-0.05, 0) is 24.3 Å². The van der Waals surface area contributed by atoms with Crippen LogP contribution in [0.25, 0.3) is 33.5 Å². The van der Waals surface area contributed by atoms with E-state index in [0.29, 0.717) is 33.8 Å². The molecule has 4 rings (SSSR count). The van der Waals surface area contributed by atoms with Gasteiger partial charge in [0, 0.05) is 22.3 Å². The number of hydrogen-bond acceptors (Lipinski definition) is 6. The molecule has 4 aromatic carbocycles. The summed E-state index contributed by atoms with van der Waals surface area (Å²) in [5, 5.41) is 36.2. The fraction of sp³-hybridized carbons (Fsp3) is 0. The van der Waals surface area contributed by atoms with Crippen molar-refractivity contribution in [2.75, 3.05) is 0 Å². The summed E-state index contributed by atoms with van der Waals surface area (Å²) >= 11 is 0. The smallest absolute Gasteiger partial charge is 0.565 e. The van der Waals surface area contributed by atoms with Crippen molar-refractivity contribution in [1.29, 1.82) is 0 Å². The molecule has 0 spiro atoms. The minimum absolute atomic E-state index is 0. The predicted molar refractivity (Wildman–Crippen MR) is 124 cm³/mol. The quantitative estimate of drug-likeness (QED) is 0.213. The van der Waals surface area contributed by atoms with Crippen LogP contribution in [0.15, 0.2) is 97.1 Å². The van der Waals surface area contributed by atoms with Crippen molar-refractivity contribution < 1.29 is 30.3 Å². The van der Waals surface area contributed by atoms with Crippen LogP contribution in [0.3, 0.4) is 0 Å². The molecule has 0 aromatic heterocycles. The van der Waals surface area contributed by atoms with E-state index in [0.717, 1.165) is 0 Å². The van der Waals surface area contributed by atoms with Crippen molar-refractivity contribution in [3.05, 3.63) is 108 Å². The first-order chi connectivity index (χ1) is 15.7. The molecule has 0 fully saturated rings. The molecule has 0 bridgehead atoms. The molecule has 0 saturated heterocycles. The summed E-state index contributed by atoms with van der Waals surface area (Å²) in [6, 6.07) is 27.8. The maximum atomic E-state index is 9.71. The normalized spacial score (nSPS) is 9.76. The van der Waals surface area contributed by atoms with E-state index in [2.05, 4.69) is 11.3 Å².